The molecule has 2 rings (SSSR count). The van der Waals surface area contributed by atoms with Gasteiger partial charge in [0, 0.05) is 11.0 Å². The Labute approximate surface area is 126 Å². The van der Waals surface area contributed by atoms with Gasteiger partial charge in [-0.05, 0) is 43.7 Å². The summed E-state index contributed by atoms with van der Waals surface area (Å²) >= 11 is 3.26. The molecule has 7 heteroatoms. The van der Waals surface area contributed by atoms with Crippen molar-refractivity contribution in [3.63, 3.8) is 0 Å². The van der Waals surface area contributed by atoms with Crippen LogP contribution < -0.4 is 0 Å². The van der Waals surface area contributed by atoms with E-state index in [-0.39, 0.29) is 17.2 Å². The van der Waals surface area contributed by atoms with E-state index in [4.69, 9.17) is 5.11 Å². The fourth-order valence-electron chi connectivity index (χ4n) is 2.37. The van der Waals surface area contributed by atoms with Crippen molar-refractivity contribution in [3.05, 3.63) is 28.7 Å². The molecule has 5 nitrogen and oxygen atoms in total. The van der Waals surface area contributed by atoms with Crippen LogP contribution in [-0.2, 0) is 14.6 Å². The summed E-state index contributed by atoms with van der Waals surface area (Å²) in [5.41, 5.74) is 0. The number of aliphatic carboxylic acids is 1. The largest absolute Gasteiger partial charge is 0.480 e. The Hall–Kier alpha value is -0.920. The molecule has 0 unspecified atom stereocenters. The minimum atomic E-state index is -3.37. The topological polar surface area (TPSA) is 74.7 Å². The van der Waals surface area contributed by atoms with Crippen LogP contribution >= 0.6 is 15.9 Å². The van der Waals surface area contributed by atoms with Gasteiger partial charge in [-0.25, -0.2) is 8.42 Å². The summed E-state index contributed by atoms with van der Waals surface area (Å²) in [6, 6.07) is 5.93. The van der Waals surface area contributed by atoms with Crippen LogP contribution in [0.3, 0.4) is 0 Å². The van der Waals surface area contributed by atoms with Crippen LogP contribution in [0.2, 0.25) is 0 Å². The number of sulfone groups is 1. The van der Waals surface area contributed by atoms with E-state index in [1.54, 1.807) is 29.2 Å². The molecule has 1 aromatic carbocycles. The van der Waals surface area contributed by atoms with Crippen molar-refractivity contribution in [1.82, 2.24) is 4.90 Å². The Morgan fingerprint density at radius 3 is 2.60 bits per heavy atom. The SMILES string of the molecule is O=C(O)[C@H]1CCCN1CCS(=O)(=O)c1ccc(Br)cc1. The van der Waals surface area contributed by atoms with Gasteiger partial charge in [0.2, 0.25) is 0 Å². The van der Waals surface area contributed by atoms with E-state index in [0.29, 0.717) is 13.0 Å². The molecule has 1 aliphatic heterocycles. The second-order valence-electron chi connectivity index (χ2n) is 4.81. The molecule has 0 saturated carbocycles. The molecule has 0 amide bonds. The van der Waals surface area contributed by atoms with Crippen molar-refractivity contribution in [2.75, 3.05) is 18.8 Å². The number of hydrogen-bond donors (Lipinski definition) is 1. The molecule has 20 heavy (non-hydrogen) atoms. The van der Waals surface area contributed by atoms with Crippen LogP contribution in [0.5, 0.6) is 0 Å². The Balaban J connectivity index is 2.02. The monoisotopic (exact) mass is 361 g/mol. The molecule has 0 spiro atoms. The lowest BCUT2D eigenvalue weighted by molar-refractivity contribution is -0.142. The Morgan fingerprint density at radius 2 is 2.00 bits per heavy atom. The fourth-order valence-corrected chi connectivity index (χ4v) is 3.90. The third kappa shape index (κ3) is 3.59. The molecule has 1 aromatic rings. The summed E-state index contributed by atoms with van der Waals surface area (Å²) in [4.78, 5) is 13.1. The number of carboxylic acids is 1. The molecule has 1 atom stereocenters. The van der Waals surface area contributed by atoms with Crippen LogP contribution in [0.25, 0.3) is 0 Å². The maximum atomic E-state index is 12.2. The number of carbonyl (C=O) groups is 1. The molecule has 1 N–H and O–H groups in total. The van der Waals surface area contributed by atoms with Gasteiger partial charge < -0.3 is 5.11 Å². The van der Waals surface area contributed by atoms with Crippen LogP contribution in [0.1, 0.15) is 12.8 Å². The van der Waals surface area contributed by atoms with E-state index in [1.165, 1.54) is 0 Å². The number of benzene rings is 1. The van der Waals surface area contributed by atoms with Gasteiger partial charge in [0.1, 0.15) is 6.04 Å². The van der Waals surface area contributed by atoms with E-state index in [9.17, 15) is 13.2 Å². The van der Waals surface area contributed by atoms with E-state index >= 15 is 0 Å². The number of carboxylic acid groups (broad SMARTS) is 1. The summed E-state index contributed by atoms with van der Waals surface area (Å²) in [5, 5.41) is 9.06. The summed E-state index contributed by atoms with van der Waals surface area (Å²) in [5.74, 6) is -0.929. The number of nitrogens with zero attached hydrogens (tertiary/aromatic N) is 1. The quantitative estimate of drug-likeness (QED) is 0.864. The minimum Gasteiger partial charge on any atom is -0.480 e. The summed E-state index contributed by atoms with van der Waals surface area (Å²) in [6.45, 7) is 0.905. The summed E-state index contributed by atoms with van der Waals surface area (Å²) in [7, 11) is -3.37. The van der Waals surface area contributed by atoms with Crippen LogP contribution in [0.15, 0.2) is 33.6 Å². The highest BCUT2D eigenvalue weighted by atomic mass is 79.9. The lowest BCUT2D eigenvalue weighted by Gasteiger charge is -2.20. The minimum absolute atomic E-state index is 0.0571. The number of halogens is 1. The van der Waals surface area contributed by atoms with Gasteiger partial charge in [-0.15, -0.1) is 0 Å². The molecule has 1 saturated heterocycles. The van der Waals surface area contributed by atoms with Crippen molar-refractivity contribution >= 4 is 31.7 Å². The average Bonchev–Trinajstić information content (AvgIpc) is 2.85. The molecule has 110 valence electrons. The van der Waals surface area contributed by atoms with Crippen LogP contribution in [0.4, 0.5) is 0 Å². The summed E-state index contributed by atoms with van der Waals surface area (Å²) in [6.07, 6.45) is 1.39. The molecule has 0 aromatic heterocycles. The van der Waals surface area contributed by atoms with Gasteiger partial charge in [-0.3, -0.25) is 9.69 Å². The first kappa shape index (κ1) is 15.5. The molecule has 1 aliphatic rings. The van der Waals surface area contributed by atoms with Gasteiger partial charge in [-0.1, -0.05) is 15.9 Å². The van der Waals surface area contributed by atoms with E-state index in [2.05, 4.69) is 15.9 Å². The van der Waals surface area contributed by atoms with Gasteiger partial charge in [0.15, 0.2) is 9.84 Å². The first-order valence-electron chi connectivity index (χ1n) is 6.35. The third-order valence-corrected chi connectivity index (χ3v) is 5.71. The van der Waals surface area contributed by atoms with E-state index in [0.717, 1.165) is 10.9 Å². The zero-order valence-corrected chi connectivity index (χ0v) is 13.2. The smallest absolute Gasteiger partial charge is 0.320 e. The Kier molecular flexibility index (Phi) is 4.82. The number of rotatable bonds is 5. The first-order valence-corrected chi connectivity index (χ1v) is 8.80. The van der Waals surface area contributed by atoms with Crippen LogP contribution in [-0.4, -0.2) is 49.3 Å². The zero-order valence-electron chi connectivity index (χ0n) is 10.8. The lowest BCUT2D eigenvalue weighted by Crippen LogP contribution is -2.38. The Bertz CT molecular complexity index is 585. The lowest BCUT2D eigenvalue weighted by atomic mass is 10.2. The predicted octanol–water partition coefficient (Wildman–Crippen LogP) is 1.77. The number of likely N-dealkylation sites (tertiary alicyclic amines) is 1. The van der Waals surface area contributed by atoms with Crippen LogP contribution in [0, 0.1) is 0 Å². The van der Waals surface area contributed by atoms with E-state index in [1.807, 2.05) is 0 Å². The normalized spacial score (nSPS) is 20.1. The van der Waals surface area contributed by atoms with Crippen molar-refractivity contribution in [2.24, 2.45) is 0 Å². The van der Waals surface area contributed by atoms with Crippen molar-refractivity contribution in [1.29, 1.82) is 0 Å². The molecular formula is C13H16BrNO4S. The highest BCUT2D eigenvalue weighted by Crippen LogP contribution is 2.19. The highest BCUT2D eigenvalue weighted by molar-refractivity contribution is 9.10. The van der Waals surface area contributed by atoms with Crippen molar-refractivity contribution in [2.45, 2.75) is 23.8 Å². The van der Waals surface area contributed by atoms with E-state index < -0.39 is 21.8 Å². The Morgan fingerprint density at radius 1 is 1.35 bits per heavy atom. The molecule has 1 fully saturated rings. The maximum Gasteiger partial charge on any atom is 0.320 e. The molecule has 1 heterocycles. The van der Waals surface area contributed by atoms with Gasteiger partial charge in [0.25, 0.3) is 0 Å². The average molecular weight is 362 g/mol. The van der Waals surface area contributed by atoms with Crippen molar-refractivity contribution in [3.8, 4) is 0 Å². The standard InChI is InChI=1S/C13H16BrNO4S/c14-10-3-5-11(6-4-10)20(18,19)9-8-15-7-1-2-12(15)13(16)17/h3-6,12H,1-2,7-9H2,(H,16,17)/t12-/m1/s1. The second kappa shape index (κ2) is 6.24. The maximum absolute atomic E-state index is 12.2. The molecule has 0 radical (unpaired) electrons. The van der Waals surface area contributed by atoms with Crippen molar-refractivity contribution < 1.29 is 18.3 Å². The number of hydrogen-bond acceptors (Lipinski definition) is 4. The molecule has 0 aliphatic carbocycles. The fraction of sp³-hybridized carbons (Fsp3) is 0.462. The molecule has 0 bridgehead atoms. The second-order valence-corrected chi connectivity index (χ2v) is 7.83. The van der Waals surface area contributed by atoms with Gasteiger partial charge >= 0.3 is 5.97 Å². The van der Waals surface area contributed by atoms with Gasteiger partial charge in [0.05, 0.1) is 10.6 Å². The molecular weight excluding hydrogens is 346 g/mol. The highest BCUT2D eigenvalue weighted by Gasteiger charge is 2.31. The predicted molar refractivity (Wildman–Crippen MR) is 78.4 cm³/mol. The third-order valence-electron chi connectivity index (χ3n) is 3.47. The summed E-state index contributed by atoms with van der Waals surface area (Å²) < 4.78 is 25.2. The zero-order chi connectivity index (χ0) is 14.8. The van der Waals surface area contributed by atoms with Gasteiger partial charge in [-0.2, -0.15) is 0 Å². The first-order chi connectivity index (χ1) is 9.40.